The minimum Gasteiger partial charge on any atom is -0.365 e. The minimum absolute atomic E-state index is 0.0685. The first-order chi connectivity index (χ1) is 11.8. The van der Waals surface area contributed by atoms with Crippen molar-refractivity contribution in [2.24, 2.45) is 0 Å². The third-order valence-electron chi connectivity index (χ3n) is 4.41. The summed E-state index contributed by atoms with van der Waals surface area (Å²) in [6.45, 7) is 6.00. The first-order valence-corrected chi connectivity index (χ1v) is 8.00. The molecule has 25 heavy (non-hydrogen) atoms. The summed E-state index contributed by atoms with van der Waals surface area (Å²) in [5.74, 6) is -0.369. The van der Waals surface area contributed by atoms with Gasteiger partial charge in [0.2, 0.25) is 0 Å². The second-order valence-corrected chi connectivity index (χ2v) is 6.14. The second kappa shape index (κ2) is 6.42. The number of halogens is 3. The van der Waals surface area contributed by atoms with Crippen LogP contribution in [0.25, 0.3) is 0 Å². The molecule has 1 aromatic carbocycles. The van der Waals surface area contributed by atoms with Gasteiger partial charge in [0.25, 0.3) is 5.91 Å². The van der Waals surface area contributed by atoms with Gasteiger partial charge in [-0.15, -0.1) is 0 Å². The van der Waals surface area contributed by atoms with Gasteiger partial charge in [0.05, 0.1) is 22.6 Å². The highest BCUT2D eigenvalue weighted by Gasteiger charge is 2.32. The van der Waals surface area contributed by atoms with E-state index in [1.54, 1.807) is 4.90 Å². The lowest BCUT2D eigenvalue weighted by Crippen LogP contribution is -2.49. The number of amides is 1. The third-order valence-corrected chi connectivity index (χ3v) is 4.41. The Morgan fingerprint density at radius 2 is 1.84 bits per heavy atom. The van der Waals surface area contributed by atoms with E-state index in [9.17, 15) is 18.0 Å². The van der Waals surface area contributed by atoms with Crippen LogP contribution in [-0.4, -0.2) is 47.2 Å². The van der Waals surface area contributed by atoms with E-state index in [0.29, 0.717) is 26.2 Å². The lowest BCUT2D eigenvalue weighted by molar-refractivity contribution is -0.137. The molecule has 1 amide bonds. The van der Waals surface area contributed by atoms with Gasteiger partial charge in [-0.2, -0.15) is 18.3 Å². The van der Waals surface area contributed by atoms with Gasteiger partial charge in [0, 0.05) is 31.7 Å². The zero-order valence-corrected chi connectivity index (χ0v) is 14.0. The molecule has 1 aliphatic rings. The van der Waals surface area contributed by atoms with Crippen molar-refractivity contribution in [3.8, 4) is 0 Å². The number of aromatic amines is 1. The van der Waals surface area contributed by atoms with E-state index >= 15 is 0 Å². The van der Waals surface area contributed by atoms with Gasteiger partial charge in [-0.05, 0) is 32.0 Å². The highest BCUT2D eigenvalue weighted by atomic mass is 19.4. The molecule has 0 radical (unpaired) electrons. The summed E-state index contributed by atoms with van der Waals surface area (Å²) < 4.78 is 38.5. The number of carbonyl (C=O) groups is 1. The number of hydrogen-bond acceptors (Lipinski definition) is 3. The summed E-state index contributed by atoms with van der Waals surface area (Å²) in [7, 11) is 0. The fourth-order valence-corrected chi connectivity index (χ4v) is 3.16. The molecule has 0 spiro atoms. The lowest BCUT2D eigenvalue weighted by Gasteiger charge is -2.36. The van der Waals surface area contributed by atoms with Gasteiger partial charge in [-0.1, -0.05) is 6.07 Å². The van der Waals surface area contributed by atoms with E-state index in [4.69, 9.17) is 0 Å². The molecule has 0 aliphatic carbocycles. The van der Waals surface area contributed by atoms with Crippen molar-refractivity contribution in [1.29, 1.82) is 0 Å². The van der Waals surface area contributed by atoms with Gasteiger partial charge in [-0.3, -0.25) is 9.89 Å². The van der Waals surface area contributed by atoms with Crippen molar-refractivity contribution in [3.05, 3.63) is 46.8 Å². The van der Waals surface area contributed by atoms with Crippen molar-refractivity contribution < 1.29 is 18.0 Å². The zero-order chi connectivity index (χ0) is 18.2. The van der Waals surface area contributed by atoms with Crippen LogP contribution in [0.2, 0.25) is 0 Å². The number of anilines is 1. The fourth-order valence-electron chi connectivity index (χ4n) is 3.16. The molecule has 1 aliphatic heterocycles. The van der Waals surface area contributed by atoms with E-state index in [2.05, 4.69) is 15.1 Å². The van der Waals surface area contributed by atoms with E-state index in [-0.39, 0.29) is 11.5 Å². The maximum absolute atomic E-state index is 12.8. The van der Waals surface area contributed by atoms with Gasteiger partial charge < -0.3 is 9.80 Å². The Hall–Kier alpha value is -2.51. The Bertz CT molecular complexity index is 757. The number of nitrogens with zero attached hydrogens (tertiary/aromatic N) is 3. The highest BCUT2D eigenvalue weighted by molar-refractivity contribution is 5.94. The number of alkyl halides is 3. The maximum atomic E-state index is 12.8. The molecular weight excluding hydrogens is 333 g/mol. The summed E-state index contributed by atoms with van der Waals surface area (Å²) in [4.78, 5) is 16.3. The second-order valence-electron chi connectivity index (χ2n) is 6.14. The number of nitrogens with one attached hydrogen (secondary N) is 1. The van der Waals surface area contributed by atoms with Crippen LogP contribution in [0.4, 0.5) is 18.9 Å². The number of hydrogen-bond donors (Lipinski definition) is 1. The molecule has 1 saturated heterocycles. The predicted molar refractivity (Wildman–Crippen MR) is 87.6 cm³/mol. The van der Waals surface area contributed by atoms with Crippen LogP contribution in [0.5, 0.6) is 0 Å². The number of aryl methyl sites for hydroxylation is 2. The Morgan fingerprint density at radius 1 is 1.16 bits per heavy atom. The minimum atomic E-state index is -4.45. The van der Waals surface area contributed by atoms with Crippen LogP contribution in [-0.2, 0) is 6.18 Å². The molecule has 0 atom stereocenters. The Morgan fingerprint density at radius 3 is 2.40 bits per heavy atom. The number of rotatable bonds is 2. The van der Waals surface area contributed by atoms with Crippen LogP contribution in [0, 0.1) is 13.8 Å². The topological polar surface area (TPSA) is 52.2 Å². The number of piperazine rings is 1. The number of benzene rings is 1. The standard InChI is InChI=1S/C17H19F3N4O/c1-11-15(12(2)22-21-11)23-6-8-24(9-7-23)16(25)13-4-3-5-14(10-13)17(18,19)20/h3-5,10H,6-9H2,1-2H3,(H,21,22). The summed E-state index contributed by atoms with van der Waals surface area (Å²) in [6, 6.07) is 4.58. The molecule has 0 saturated carbocycles. The third kappa shape index (κ3) is 3.47. The molecule has 134 valence electrons. The normalized spacial score (nSPS) is 15.6. The monoisotopic (exact) mass is 352 g/mol. The van der Waals surface area contributed by atoms with E-state index < -0.39 is 11.7 Å². The average Bonchev–Trinajstić information content (AvgIpc) is 2.92. The van der Waals surface area contributed by atoms with E-state index in [1.807, 2.05) is 13.8 Å². The average molecular weight is 352 g/mol. The molecule has 5 nitrogen and oxygen atoms in total. The molecule has 1 fully saturated rings. The summed E-state index contributed by atoms with van der Waals surface area (Å²) in [6.07, 6.45) is -4.45. The van der Waals surface area contributed by atoms with Crippen LogP contribution in [0.15, 0.2) is 24.3 Å². The number of H-pyrrole nitrogens is 1. The molecule has 1 N–H and O–H groups in total. The van der Waals surface area contributed by atoms with Crippen LogP contribution >= 0.6 is 0 Å². The summed E-state index contributed by atoms with van der Waals surface area (Å²) in [5.41, 5.74) is 2.16. The molecular formula is C17H19F3N4O. The van der Waals surface area contributed by atoms with Crippen molar-refractivity contribution in [1.82, 2.24) is 15.1 Å². The van der Waals surface area contributed by atoms with Gasteiger partial charge in [0.15, 0.2) is 0 Å². The molecule has 8 heteroatoms. The van der Waals surface area contributed by atoms with Gasteiger partial charge in [-0.25, -0.2) is 0 Å². The largest absolute Gasteiger partial charge is 0.416 e. The van der Waals surface area contributed by atoms with Gasteiger partial charge >= 0.3 is 6.18 Å². The first kappa shape index (κ1) is 17.3. The summed E-state index contributed by atoms with van der Waals surface area (Å²) in [5, 5.41) is 7.11. The molecule has 0 unspecified atom stereocenters. The number of aromatic nitrogens is 2. The van der Waals surface area contributed by atoms with E-state index in [1.165, 1.54) is 12.1 Å². The van der Waals surface area contributed by atoms with Gasteiger partial charge in [0.1, 0.15) is 0 Å². The van der Waals surface area contributed by atoms with Crippen LogP contribution in [0.3, 0.4) is 0 Å². The van der Waals surface area contributed by atoms with E-state index in [0.717, 1.165) is 29.2 Å². The molecule has 3 rings (SSSR count). The predicted octanol–water partition coefficient (Wildman–Crippen LogP) is 3.01. The molecule has 2 aromatic rings. The Labute approximate surface area is 143 Å². The highest BCUT2D eigenvalue weighted by Crippen LogP contribution is 2.30. The Kier molecular flexibility index (Phi) is 4.45. The maximum Gasteiger partial charge on any atom is 0.416 e. The quantitative estimate of drug-likeness (QED) is 0.904. The molecule has 2 heterocycles. The lowest BCUT2D eigenvalue weighted by atomic mass is 10.1. The van der Waals surface area contributed by atoms with Crippen LogP contribution in [0.1, 0.15) is 27.3 Å². The smallest absolute Gasteiger partial charge is 0.365 e. The van der Waals surface area contributed by atoms with Crippen molar-refractivity contribution in [2.45, 2.75) is 20.0 Å². The first-order valence-electron chi connectivity index (χ1n) is 8.00. The zero-order valence-electron chi connectivity index (χ0n) is 14.0. The summed E-state index contributed by atoms with van der Waals surface area (Å²) >= 11 is 0. The van der Waals surface area contributed by atoms with Crippen molar-refractivity contribution >= 4 is 11.6 Å². The number of carbonyl (C=O) groups excluding carboxylic acids is 1. The van der Waals surface area contributed by atoms with Crippen molar-refractivity contribution in [3.63, 3.8) is 0 Å². The van der Waals surface area contributed by atoms with Crippen molar-refractivity contribution in [2.75, 3.05) is 31.1 Å². The molecule has 1 aromatic heterocycles. The fraction of sp³-hybridized carbons (Fsp3) is 0.412. The van der Waals surface area contributed by atoms with Crippen LogP contribution < -0.4 is 4.90 Å². The molecule has 0 bridgehead atoms. The Balaban J connectivity index is 1.70. The SMILES string of the molecule is Cc1n[nH]c(C)c1N1CCN(C(=O)c2cccc(C(F)(F)F)c2)CC1.